The Labute approximate surface area is 197 Å². The van der Waals surface area contributed by atoms with Crippen molar-refractivity contribution in [3.8, 4) is 0 Å². The van der Waals surface area contributed by atoms with Gasteiger partial charge in [-0.1, -0.05) is 49.3 Å². The predicted octanol–water partition coefficient (Wildman–Crippen LogP) is 3.57. The minimum absolute atomic E-state index is 0. The summed E-state index contributed by atoms with van der Waals surface area (Å²) in [5, 5.41) is 10.7. The molecule has 0 radical (unpaired) electrons. The number of rotatable bonds is 9. The largest absolute Gasteiger partial charge is 0.357 e. The first-order chi connectivity index (χ1) is 14.2. The number of likely N-dealkylation sites (tertiary alicyclic amines) is 1. The van der Waals surface area contributed by atoms with Crippen LogP contribution in [0.3, 0.4) is 0 Å². The summed E-state index contributed by atoms with van der Waals surface area (Å²) in [6, 6.07) is 11.2. The molecule has 1 aromatic carbocycles. The van der Waals surface area contributed by atoms with E-state index in [1.165, 1.54) is 18.4 Å². The predicted molar refractivity (Wildman–Crippen MR) is 131 cm³/mol. The van der Waals surface area contributed by atoms with Gasteiger partial charge in [-0.3, -0.25) is 9.89 Å². The average Bonchev–Trinajstić information content (AvgIpc) is 3.37. The Morgan fingerprint density at radius 1 is 1.27 bits per heavy atom. The van der Waals surface area contributed by atoms with E-state index >= 15 is 0 Å². The van der Waals surface area contributed by atoms with Crippen molar-refractivity contribution >= 4 is 29.9 Å². The molecule has 166 valence electrons. The highest BCUT2D eigenvalue weighted by atomic mass is 127. The van der Waals surface area contributed by atoms with E-state index in [1.54, 1.807) is 0 Å². The van der Waals surface area contributed by atoms with Crippen LogP contribution in [0.1, 0.15) is 56.8 Å². The molecule has 1 aromatic heterocycles. The van der Waals surface area contributed by atoms with E-state index in [0.717, 1.165) is 38.0 Å². The van der Waals surface area contributed by atoms with Gasteiger partial charge in [0.2, 0.25) is 5.89 Å². The summed E-state index contributed by atoms with van der Waals surface area (Å²) < 4.78 is 5.31. The summed E-state index contributed by atoms with van der Waals surface area (Å²) in [4.78, 5) is 11.8. The van der Waals surface area contributed by atoms with Crippen LogP contribution >= 0.6 is 24.0 Å². The van der Waals surface area contributed by atoms with E-state index in [2.05, 4.69) is 76.8 Å². The first kappa shape index (κ1) is 24.6. The topological polar surface area (TPSA) is 78.6 Å². The van der Waals surface area contributed by atoms with Gasteiger partial charge in [0.05, 0.1) is 6.54 Å². The Balaban J connectivity index is 0.00000320. The summed E-state index contributed by atoms with van der Waals surface area (Å²) >= 11 is 0. The number of nitrogens with one attached hydrogen (secondary N) is 2. The van der Waals surface area contributed by atoms with Gasteiger partial charge in [0.15, 0.2) is 11.8 Å². The molecule has 0 saturated carbocycles. The third-order valence-corrected chi connectivity index (χ3v) is 5.16. The van der Waals surface area contributed by atoms with Crippen molar-refractivity contribution in [3.63, 3.8) is 0 Å². The average molecular weight is 526 g/mol. The fraction of sp³-hybridized carbons (Fsp3) is 0.591. The van der Waals surface area contributed by atoms with Crippen LogP contribution in [0.5, 0.6) is 0 Å². The number of benzene rings is 1. The van der Waals surface area contributed by atoms with Gasteiger partial charge in [-0.2, -0.15) is 4.98 Å². The number of halogens is 1. The highest BCUT2D eigenvalue weighted by molar-refractivity contribution is 14.0. The van der Waals surface area contributed by atoms with Crippen LogP contribution in [0.4, 0.5) is 0 Å². The molecule has 2 aromatic rings. The summed E-state index contributed by atoms with van der Waals surface area (Å²) in [6.45, 7) is 10.7. The SMILES string of the molecule is CCNC(=NCC1CCCN1Cc1ccccc1)NCCc1nc(C(C)C)no1.I. The Kier molecular flexibility index (Phi) is 10.6. The number of guanidine groups is 1. The summed E-state index contributed by atoms with van der Waals surface area (Å²) in [7, 11) is 0. The summed E-state index contributed by atoms with van der Waals surface area (Å²) in [5.41, 5.74) is 1.37. The molecule has 0 bridgehead atoms. The molecule has 30 heavy (non-hydrogen) atoms. The van der Waals surface area contributed by atoms with Gasteiger partial charge in [-0.05, 0) is 31.9 Å². The van der Waals surface area contributed by atoms with Crippen LogP contribution < -0.4 is 10.6 Å². The van der Waals surface area contributed by atoms with Crippen molar-refractivity contribution in [2.45, 2.75) is 58.5 Å². The van der Waals surface area contributed by atoms with Gasteiger partial charge in [0, 0.05) is 38.0 Å². The zero-order valence-electron chi connectivity index (χ0n) is 18.3. The van der Waals surface area contributed by atoms with Gasteiger partial charge in [0.1, 0.15) is 0 Å². The molecule has 1 aliphatic rings. The Hall–Kier alpha value is -1.68. The third-order valence-electron chi connectivity index (χ3n) is 5.16. The van der Waals surface area contributed by atoms with Gasteiger partial charge < -0.3 is 15.2 Å². The Morgan fingerprint density at radius 2 is 2.07 bits per heavy atom. The van der Waals surface area contributed by atoms with E-state index in [1.807, 2.05) is 0 Å². The van der Waals surface area contributed by atoms with Crippen molar-refractivity contribution in [1.82, 2.24) is 25.7 Å². The summed E-state index contributed by atoms with van der Waals surface area (Å²) in [6.07, 6.45) is 3.13. The Morgan fingerprint density at radius 3 is 2.77 bits per heavy atom. The van der Waals surface area contributed by atoms with Crippen molar-refractivity contribution in [1.29, 1.82) is 0 Å². The number of aromatic nitrogens is 2. The second kappa shape index (κ2) is 12.9. The maximum absolute atomic E-state index is 5.31. The van der Waals surface area contributed by atoms with E-state index in [4.69, 9.17) is 9.52 Å². The van der Waals surface area contributed by atoms with Crippen LogP contribution in [0, 0.1) is 0 Å². The molecular formula is C22H35IN6O. The minimum atomic E-state index is 0. The molecule has 1 saturated heterocycles. The lowest BCUT2D eigenvalue weighted by Crippen LogP contribution is -2.40. The third kappa shape index (κ3) is 7.54. The van der Waals surface area contributed by atoms with E-state index in [0.29, 0.717) is 24.9 Å². The zero-order chi connectivity index (χ0) is 20.5. The summed E-state index contributed by atoms with van der Waals surface area (Å²) in [5.74, 6) is 2.56. The molecule has 1 fully saturated rings. The lowest BCUT2D eigenvalue weighted by Gasteiger charge is -2.23. The Bertz CT molecular complexity index is 764. The van der Waals surface area contributed by atoms with Gasteiger partial charge >= 0.3 is 0 Å². The molecule has 1 aliphatic heterocycles. The number of hydrogen-bond acceptors (Lipinski definition) is 5. The standard InChI is InChI=1S/C22H34N6O.HI/c1-4-23-22(24-13-12-20-26-21(17(2)3)27-29-20)25-15-19-11-8-14-28(19)16-18-9-6-5-7-10-18;/h5-7,9-10,17,19H,4,8,11-16H2,1-3H3,(H2,23,24,25);1H. The van der Waals surface area contributed by atoms with Crippen molar-refractivity contribution in [2.75, 3.05) is 26.2 Å². The van der Waals surface area contributed by atoms with Crippen molar-refractivity contribution < 1.29 is 4.52 Å². The van der Waals surface area contributed by atoms with Gasteiger partial charge in [-0.15, -0.1) is 24.0 Å². The molecule has 2 N–H and O–H groups in total. The van der Waals surface area contributed by atoms with E-state index < -0.39 is 0 Å². The van der Waals surface area contributed by atoms with Crippen LogP contribution in [-0.2, 0) is 13.0 Å². The minimum Gasteiger partial charge on any atom is -0.357 e. The molecule has 0 amide bonds. The number of aliphatic imine (C=N–C) groups is 1. The maximum Gasteiger partial charge on any atom is 0.228 e. The molecule has 7 nitrogen and oxygen atoms in total. The molecule has 0 aliphatic carbocycles. The fourth-order valence-electron chi connectivity index (χ4n) is 3.56. The fourth-order valence-corrected chi connectivity index (χ4v) is 3.56. The van der Waals surface area contributed by atoms with Crippen LogP contribution in [0.15, 0.2) is 39.8 Å². The van der Waals surface area contributed by atoms with Crippen LogP contribution in [0.25, 0.3) is 0 Å². The van der Waals surface area contributed by atoms with Crippen LogP contribution in [-0.4, -0.2) is 53.2 Å². The molecule has 3 rings (SSSR count). The number of hydrogen-bond donors (Lipinski definition) is 2. The molecule has 8 heteroatoms. The van der Waals surface area contributed by atoms with Crippen molar-refractivity contribution in [2.24, 2.45) is 4.99 Å². The molecule has 1 atom stereocenters. The lowest BCUT2D eigenvalue weighted by atomic mass is 10.2. The first-order valence-corrected chi connectivity index (χ1v) is 10.8. The molecule has 0 spiro atoms. The second-order valence-electron chi connectivity index (χ2n) is 7.85. The monoisotopic (exact) mass is 526 g/mol. The van der Waals surface area contributed by atoms with Gasteiger partial charge in [0.25, 0.3) is 0 Å². The zero-order valence-corrected chi connectivity index (χ0v) is 20.6. The molecule has 2 heterocycles. The highest BCUT2D eigenvalue weighted by Crippen LogP contribution is 2.20. The molecular weight excluding hydrogens is 491 g/mol. The first-order valence-electron chi connectivity index (χ1n) is 10.8. The lowest BCUT2D eigenvalue weighted by molar-refractivity contribution is 0.250. The van der Waals surface area contributed by atoms with Crippen LogP contribution in [0.2, 0.25) is 0 Å². The smallest absolute Gasteiger partial charge is 0.228 e. The molecule has 1 unspecified atom stereocenters. The quantitative estimate of drug-likeness (QED) is 0.296. The van der Waals surface area contributed by atoms with E-state index in [-0.39, 0.29) is 29.9 Å². The van der Waals surface area contributed by atoms with Crippen molar-refractivity contribution in [3.05, 3.63) is 47.6 Å². The maximum atomic E-state index is 5.31. The van der Waals surface area contributed by atoms with E-state index in [9.17, 15) is 0 Å². The second-order valence-corrected chi connectivity index (χ2v) is 7.85. The van der Waals surface area contributed by atoms with Gasteiger partial charge in [-0.25, -0.2) is 0 Å². The normalized spacial score (nSPS) is 17.2. The highest BCUT2D eigenvalue weighted by Gasteiger charge is 2.24. The number of nitrogens with zero attached hydrogens (tertiary/aromatic N) is 4.